The minimum absolute atomic E-state index is 0. The van der Waals surface area contributed by atoms with E-state index in [0.29, 0.717) is 5.88 Å². The molecule has 0 fully saturated rings. The normalized spacial score (nSPS) is 10.6. The van der Waals surface area contributed by atoms with Crippen molar-refractivity contribution in [1.82, 2.24) is 0 Å². The van der Waals surface area contributed by atoms with Crippen molar-refractivity contribution < 1.29 is 21.7 Å². The van der Waals surface area contributed by atoms with Gasteiger partial charge < -0.3 is 5.92 Å². The van der Waals surface area contributed by atoms with Gasteiger partial charge >= 0.3 is 21.7 Å². The molecule has 0 spiro atoms. The van der Waals surface area contributed by atoms with Gasteiger partial charge in [-0.1, -0.05) is 6.08 Å². The van der Waals surface area contributed by atoms with Gasteiger partial charge in [0.15, 0.2) is 0 Å². The van der Waals surface area contributed by atoms with Crippen LogP contribution < -0.4 is 0 Å². The molecule has 78 valence electrons. The predicted molar refractivity (Wildman–Crippen MR) is 62.8 cm³/mol. The smallest absolute Gasteiger partial charge is 0.323 e. The van der Waals surface area contributed by atoms with Gasteiger partial charge in [-0.2, -0.15) is 26.8 Å². The van der Waals surface area contributed by atoms with Crippen molar-refractivity contribution in [2.45, 2.75) is 27.2 Å². The molecule has 0 nitrogen and oxygen atoms in total. The summed E-state index contributed by atoms with van der Waals surface area (Å²) in [7, 11) is 0. The van der Waals surface area contributed by atoms with E-state index in [9.17, 15) is 0 Å². The van der Waals surface area contributed by atoms with Gasteiger partial charge in [0.25, 0.3) is 0 Å². The Balaban J connectivity index is -0.000000127. The summed E-state index contributed by atoms with van der Waals surface area (Å²) in [4.78, 5) is 0. The van der Waals surface area contributed by atoms with Crippen LogP contribution in [0.1, 0.15) is 27.2 Å². The summed E-state index contributed by atoms with van der Waals surface area (Å²) in [6.07, 6.45) is 11.6. The molecule has 1 aliphatic rings. The standard InChI is InChI=1S/C5H5.C4H9.C3H5Cl.Ti/c1-2-4-5-3-1;1-4(2)3;1-2-3-4;/h1-3H,4H2;1-3H3;2H,1,3H2;/q2*-1;;+2. The molecule has 1 rings (SSSR count). The predicted octanol–water partition coefficient (Wildman–Crippen LogP) is 4.33. The summed E-state index contributed by atoms with van der Waals surface area (Å²) >= 11 is 5.07. The maximum Gasteiger partial charge on any atom is 2.00 e. The third kappa shape index (κ3) is 39.8. The molecule has 0 heterocycles. The SMILES string of the molecule is C=CCCl.C[C-](C)C.[C-]1=CC=CC1.[Ti+2]. The molecule has 0 aromatic rings. The molecule has 0 atom stereocenters. The molecule has 0 bridgehead atoms. The maximum atomic E-state index is 5.07. The Morgan fingerprint density at radius 1 is 1.50 bits per heavy atom. The zero-order valence-electron chi connectivity index (χ0n) is 9.31. The summed E-state index contributed by atoms with van der Waals surface area (Å²) in [5.74, 6) is 1.97. The van der Waals surface area contributed by atoms with Gasteiger partial charge in [-0.3, -0.25) is 6.08 Å². The molecule has 0 unspecified atom stereocenters. The van der Waals surface area contributed by atoms with Crippen LogP contribution in [-0.2, 0) is 21.7 Å². The van der Waals surface area contributed by atoms with E-state index < -0.39 is 0 Å². The summed E-state index contributed by atoms with van der Waals surface area (Å²) in [6.45, 7) is 9.60. The Morgan fingerprint density at radius 2 is 1.93 bits per heavy atom. The van der Waals surface area contributed by atoms with E-state index in [0.717, 1.165) is 6.42 Å². The van der Waals surface area contributed by atoms with Gasteiger partial charge in [0.1, 0.15) is 0 Å². The van der Waals surface area contributed by atoms with Crippen LogP contribution in [0.5, 0.6) is 0 Å². The quantitative estimate of drug-likeness (QED) is 0.279. The molecule has 1 aliphatic carbocycles. The molecule has 0 saturated heterocycles. The van der Waals surface area contributed by atoms with Gasteiger partial charge in [-0.15, -0.1) is 24.6 Å². The van der Waals surface area contributed by atoms with Crippen molar-refractivity contribution in [3.8, 4) is 0 Å². The number of allylic oxidation sites excluding steroid dienone is 5. The number of alkyl halides is 1. The van der Waals surface area contributed by atoms with Crippen LogP contribution in [0, 0.1) is 12.0 Å². The van der Waals surface area contributed by atoms with Gasteiger partial charge in [0, 0.05) is 5.88 Å². The molecule has 0 aliphatic heterocycles. The van der Waals surface area contributed by atoms with Gasteiger partial charge in [-0.25, -0.2) is 12.2 Å². The molecule has 2 heteroatoms. The molecule has 0 saturated carbocycles. The fraction of sp³-hybridized carbons (Fsp3) is 0.417. The molecule has 0 aromatic carbocycles. The van der Waals surface area contributed by atoms with E-state index in [1.807, 2.05) is 12.2 Å². The zero-order valence-corrected chi connectivity index (χ0v) is 11.6. The van der Waals surface area contributed by atoms with Crippen molar-refractivity contribution in [1.29, 1.82) is 0 Å². The second kappa shape index (κ2) is 18.9. The van der Waals surface area contributed by atoms with Crippen molar-refractivity contribution in [3.63, 3.8) is 0 Å². The van der Waals surface area contributed by atoms with Crippen LogP contribution in [0.3, 0.4) is 0 Å². The second-order valence-corrected chi connectivity index (χ2v) is 3.25. The summed E-state index contributed by atoms with van der Waals surface area (Å²) < 4.78 is 0. The first kappa shape index (κ1) is 19.7. The average molecular weight is 247 g/mol. The molecule has 0 amide bonds. The fourth-order valence-corrected chi connectivity index (χ4v) is 0.340. The molecule has 14 heavy (non-hydrogen) atoms. The first-order valence-corrected chi connectivity index (χ1v) is 4.84. The van der Waals surface area contributed by atoms with Gasteiger partial charge in [0.05, 0.1) is 0 Å². The Morgan fingerprint density at radius 3 is 2.00 bits per heavy atom. The Hall–Kier alpha value is 0.224. The number of rotatable bonds is 1. The monoisotopic (exact) mass is 246 g/mol. The van der Waals surface area contributed by atoms with Crippen LogP contribution in [0.2, 0.25) is 0 Å². The van der Waals surface area contributed by atoms with Crippen molar-refractivity contribution in [2.24, 2.45) is 0 Å². The molecule has 0 radical (unpaired) electrons. The third-order valence-electron chi connectivity index (χ3n) is 0.695. The van der Waals surface area contributed by atoms with Crippen molar-refractivity contribution in [2.75, 3.05) is 5.88 Å². The van der Waals surface area contributed by atoms with E-state index in [2.05, 4.69) is 39.5 Å². The zero-order chi connectivity index (χ0) is 10.5. The van der Waals surface area contributed by atoms with E-state index in [1.165, 1.54) is 5.92 Å². The summed E-state index contributed by atoms with van der Waals surface area (Å²) in [6, 6.07) is 0. The van der Waals surface area contributed by atoms with Gasteiger partial charge in [-0.05, 0) is 0 Å². The minimum Gasteiger partial charge on any atom is -0.323 e. The average Bonchev–Trinajstić information content (AvgIpc) is 2.59. The molecular weight excluding hydrogens is 227 g/mol. The topological polar surface area (TPSA) is 0 Å². The van der Waals surface area contributed by atoms with E-state index >= 15 is 0 Å². The minimum atomic E-state index is 0. The molecule has 0 aromatic heterocycles. The maximum absolute atomic E-state index is 5.07. The van der Waals surface area contributed by atoms with Crippen molar-refractivity contribution >= 4 is 11.6 Å². The molecular formula is C12H19ClTi. The van der Waals surface area contributed by atoms with Crippen molar-refractivity contribution in [3.05, 3.63) is 42.9 Å². The second-order valence-electron chi connectivity index (χ2n) is 2.95. The first-order chi connectivity index (χ1) is 6.15. The van der Waals surface area contributed by atoms with Crippen LogP contribution in [0.25, 0.3) is 0 Å². The Labute approximate surface area is 109 Å². The Bertz CT molecular complexity index is 136. The van der Waals surface area contributed by atoms with Crippen LogP contribution >= 0.6 is 11.6 Å². The summed E-state index contributed by atoms with van der Waals surface area (Å²) in [5, 5.41) is 0. The number of hydrogen-bond acceptors (Lipinski definition) is 0. The van der Waals surface area contributed by atoms with E-state index in [4.69, 9.17) is 11.6 Å². The summed E-state index contributed by atoms with van der Waals surface area (Å²) in [5.41, 5.74) is 0. The first-order valence-electron chi connectivity index (χ1n) is 4.30. The Kier molecular flexibility index (Phi) is 26.7. The fourth-order valence-electron chi connectivity index (χ4n) is 0.340. The number of hydrogen-bond donors (Lipinski definition) is 0. The van der Waals surface area contributed by atoms with E-state index in [-0.39, 0.29) is 21.7 Å². The van der Waals surface area contributed by atoms with Gasteiger partial charge in [0.2, 0.25) is 0 Å². The number of halogens is 1. The van der Waals surface area contributed by atoms with Crippen LogP contribution in [0.4, 0.5) is 0 Å². The van der Waals surface area contributed by atoms with Crippen LogP contribution in [0.15, 0.2) is 30.9 Å². The molecule has 0 N–H and O–H groups in total. The van der Waals surface area contributed by atoms with Crippen LogP contribution in [-0.4, -0.2) is 5.88 Å². The van der Waals surface area contributed by atoms with E-state index in [1.54, 1.807) is 6.08 Å². The third-order valence-corrected chi connectivity index (χ3v) is 0.913. The largest absolute Gasteiger partial charge is 2.00 e.